The summed E-state index contributed by atoms with van der Waals surface area (Å²) in [5.74, 6) is -0.373. The fourth-order valence-corrected chi connectivity index (χ4v) is 0.835. The maximum absolute atomic E-state index is 11.2. The Morgan fingerprint density at radius 2 is 2.36 bits per heavy atom. The summed E-state index contributed by atoms with van der Waals surface area (Å²) in [7, 11) is 0. The predicted molar refractivity (Wildman–Crippen MR) is 52.9 cm³/mol. The summed E-state index contributed by atoms with van der Waals surface area (Å²) >= 11 is 10.7. The molecule has 1 heterocycles. The molecule has 0 saturated carbocycles. The summed E-state index contributed by atoms with van der Waals surface area (Å²) in [5.41, 5.74) is 5.21. The molecular weight excluding hydrogens is 229 g/mol. The number of anilines is 1. The fourth-order valence-electron chi connectivity index (χ4n) is 0.681. The Bertz CT molecular complexity index is 357. The van der Waals surface area contributed by atoms with E-state index < -0.39 is 5.91 Å². The predicted octanol–water partition coefficient (Wildman–Crippen LogP) is 0.436. The molecule has 0 bridgehead atoms. The number of nitrogen functional groups attached to an aromatic ring is 1. The van der Waals surface area contributed by atoms with Gasteiger partial charge in [-0.1, -0.05) is 23.2 Å². The van der Waals surface area contributed by atoms with Crippen LogP contribution in [0.1, 0.15) is 10.6 Å². The number of hydrogen-bond acceptors (Lipinski definition) is 4. The molecule has 0 aliphatic heterocycles. The molecule has 0 aliphatic rings. The highest BCUT2D eigenvalue weighted by Crippen LogP contribution is 2.04. The molecule has 0 unspecified atom stereocenters. The quantitative estimate of drug-likeness (QED) is 0.709. The molecule has 0 spiro atoms. The molecule has 0 aliphatic carbocycles. The first-order chi connectivity index (χ1) is 6.59. The summed E-state index contributed by atoms with van der Waals surface area (Å²) < 4.78 is 0.0855. The van der Waals surface area contributed by atoms with Crippen LogP contribution in [0.2, 0.25) is 0 Å². The van der Waals surface area contributed by atoms with Gasteiger partial charge in [0.15, 0.2) is 0 Å². The van der Waals surface area contributed by atoms with Gasteiger partial charge in [0.05, 0.1) is 0 Å². The lowest BCUT2D eigenvalue weighted by Gasteiger charge is -1.96. The molecule has 0 atom stereocenters. The third kappa shape index (κ3) is 3.23. The summed E-state index contributed by atoms with van der Waals surface area (Å²) in [6.07, 6.45) is 1.43. The van der Waals surface area contributed by atoms with Crippen molar-refractivity contribution in [3.05, 3.63) is 16.4 Å². The van der Waals surface area contributed by atoms with Crippen molar-refractivity contribution in [2.75, 3.05) is 12.3 Å². The number of aromatic nitrogens is 3. The summed E-state index contributed by atoms with van der Waals surface area (Å²) in [4.78, 5) is 14.8. The molecule has 1 aromatic rings. The Kier molecular flexibility index (Phi) is 3.73. The van der Waals surface area contributed by atoms with E-state index in [1.165, 1.54) is 6.08 Å². The van der Waals surface area contributed by atoms with Crippen molar-refractivity contribution in [1.82, 2.24) is 20.5 Å². The van der Waals surface area contributed by atoms with E-state index in [4.69, 9.17) is 28.9 Å². The van der Waals surface area contributed by atoms with E-state index in [0.717, 1.165) is 0 Å². The van der Waals surface area contributed by atoms with Crippen LogP contribution in [0.25, 0.3) is 0 Å². The Morgan fingerprint density at radius 3 is 2.86 bits per heavy atom. The van der Waals surface area contributed by atoms with E-state index in [-0.39, 0.29) is 22.8 Å². The van der Waals surface area contributed by atoms with E-state index in [0.29, 0.717) is 0 Å². The molecular formula is C6H7Cl2N5O. The zero-order valence-electron chi connectivity index (χ0n) is 6.92. The molecule has 14 heavy (non-hydrogen) atoms. The van der Waals surface area contributed by atoms with E-state index in [1.54, 1.807) is 0 Å². The van der Waals surface area contributed by atoms with Crippen molar-refractivity contribution in [3.8, 4) is 0 Å². The SMILES string of the molecule is Nc1n[nH]c(C(=O)NCC=C(Cl)Cl)n1. The standard InChI is InChI=1S/C6H7Cl2N5O/c7-3(8)1-2-10-5(14)4-11-6(9)13-12-4/h1H,2H2,(H,10,14)(H3,9,11,12,13). The van der Waals surface area contributed by atoms with Gasteiger partial charge in [0, 0.05) is 6.54 Å². The second kappa shape index (κ2) is 4.83. The molecule has 1 aromatic heterocycles. The molecule has 6 nitrogen and oxygen atoms in total. The van der Waals surface area contributed by atoms with Crippen molar-refractivity contribution in [2.45, 2.75) is 0 Å². The number of amides is 1. The van der Waals surface area contributed by atoms with E-state index in [1.807, 2.05) is 0 Å². The Labute approximate surface area is 89.5 Å². The molecule has 8 heteroatoms. The number of H-pyrrole nitrogens is 1. The average molecular weight is 236 g/mol. The van der Waals surface area contributed by atoms with Crippen molar-refractivity contribution >= 4 is 35.1 Å². The maximum atomic E-state index is 11.2. The van der Waals surface area contributed by atoms with Crippen LogP contribution in [0, 0.1) is 0 Å². The molecule has 0 aromatic carbocycles. The van der Waals surface area contributed by atoms with E-state index in [9.17, 15) is 4.79 Å². The number of carbonyl (C=O) groups is 1. The van der Waals surface area contributed by atoms with Crippen molar-refractivity contribution < 1.29 is 4.79 Å². The average Bonchev–Trinajstić information content (AvgIpc) is 2.51. The van der Waals surface area contributed by atoms with Gasteiger partial charge in [-0.2, -0.15) is 4.98 Å². The number of hydrogen-bond donors (Lipinski definition) is 3. The van der Waals surface area contributed by atoms with Crippen LogP contribution in [-0.4, -0.2) is 27.6 Å². The molecule has 1 rings (SSSR count). The molecule has 0 saturated heterocycles. The first kappa shape index (κ1) is 10.8. The second-order valence-corrected chi connectivity index (χ2v) is 3.25. The minimum Gasteiger partial charge on any atom is -0.366 e. The zero-order valence-corrected chi connectivity index (χ0v) is 8.43. The number of rotatable bonds is 3. The number of nitrogens with one attached hydrogen (secondary N) is 2. The van der Waals surface area contributed by atoms with Gasteiger partial charge in [0.25, 0.3) is 5.91 Å². The third-order valence-corrected chi connectivity index (χ3v) is 1.55. The second-order valence-electron chi connectivity index (χ2n) is 2.25. The number of aromatic amines is 1. The van der Waals surface area contributed by atoms with Crippen LogP contribution in [0.4, 0.5) is 5.95 Å². The highest BCUT2D eigenvalue weighted by molar-refractivity contribution is 6.55. The largest absolute Gasteiger partial charge is 0.366 e. The Balaban J connectivity index is 2.47. The normalized spacial score (nSPS) is 9.57. The summed E-state index contributed by atoms with van der Waals surface area (Å²) in [6, 6.07) is 0. The van der Waals surface area contributed by atoms with Gasteiger partial charge < -0.3 is 11.1 Å². The third-order valence-electron chi connectivity index (χ3n) is 1.24. The number of halogens is 2. The molecule has 76 valence electrons. The van der Waals surface area contributed by atoms with Crippen LogP contribution < -0.4 is 11.1 Å². The van der Waals surface area contributed by atoms with Gasteiger partial charge in [0.2, 0.25) is 11.8 Å². The lowest BCUT2D eigenvalue weighted by Crippen LogP contribution is -2.24. The maximum Gasteiger partial charge on any atom is 0.288 e. The zero-order chi connectivity index (χ0) is 10.6. The van der Waals surface area contributed by atoms with Gasteiger partial charge in [-0.05, 0) is 6.08 Å². The number of nitrogens with two attached hydrogens (primary N) is 1. The molecule has 0 fully saturated rings. The van der Waals surface area contributed by atoms with Crippen molar-refractivity contribution in [1.29, 1.82) is 0 Å². The minimum absolute atomic E-state index is 0.0149. The molecule has 0 radical (unpaired) electrons. The van der Waals surface area contributed by atoms with Crippen LogP contribution in [0.15, 0.2) is 10.6 Å². The lowest BCUT2D eigenvalue weighted by molar-refractivity contribution is 0.0948. The van der Waals surface area contributed by atoms with Crippen molar-refractivity contribution in [3.63, 3.8) is 0 Å². The smallest absolute Gasteiger partial charge is 0.288 e. The van der Waals surface area contributed by atoms with Crippen LogP contribution in [0.5, 0.6) is 0 Å². The number of nitrogens with zero attached hydrogens (tertiary/aromatic N) is 2. The van der Waals surface area contributed by atoms with Gasteiger partial charge in [-0.3, -0.25) is 9.89 Å². The van der Waals surface area contributed by atoms with Crippen molar-refractivity contribution in [2.24, 2.45) is 0 Å². The van der Waals surface area contributed by atoms with Gasteiger partial charge in [-0.15, -0.1) is 5.10 Å². The van der Waals surface area contributed by atoms with Crippen LogP contribution in [-0.2, 0) is 0 Å². The lowest BCUT2D eigenvalue weighted by atomic mass is 10.5. The number of carbonyl (C=O) groups excluding carboxylic acids is 1. The summed E-state index contributed by atoms with van der Waals surface area (Å²) in [5, 5.41) is 8.32. The minimum atomic E-state index is -0.431. The topological polar surface area (TPSA) is 96.7 Å². The van der Waals surface area contributed by atoms with Gasteiger partial charge >= 0.3 is 0 Å². The fraction of sp³-hybridized carbons (Fsp3) is 0.167. The monoisotopic (exact) mass is 235 g/mol. The van der Waals surface area contributed by atoms with Crippen LogP contribution in [0.3, 0.4) is 0 Å². The highest BCUT2D eigenvalue weighted by Gasteiger charge is 2.08. The van der Waals surface area contributed by atoms with Crippen LogP contribution >= 0.6 is 23.2 Å². The van der Waals surface area contributed by atoms with Gasteiger partial charge in [-0.25, -0.2) is 0 Å². The highest BCUT2D eigenvalue weighted by atomic mass is 35.5. The molecule has 1 amide bonds. The first-order valence-electron chi connectivity index (χ1n) is 3.57. The van der Waals surface area contributed by atoms with E-state index >= 15 is 0 Å². The van der Waals surface area contributed by atoms with E-state index in [2.05, 4.69) is 20.5 Å². The Hall–Kier alpha value is -1.27. The van der Waals surface area contributed by atoms with Gasteiger partial charge in [0.1, 0.15) is 4.49 Å². The summed E-state index contributed by atoms with van der Waals surface area (Å²) in [6.45, 7) is 0.210. The molecule has 4 N–H and O–H groups in total. The first-order valence-corrected chi connectivity index (χ1v) is 4.32. The Morgan fingerprint density at radius 1 is 1.64 bits per heavy atom.